The van der Waals surface area contributed by atoms with Crippen LogP contribution >= 0.6 is 0 Å². The molecule has 4 nitrogen and oxygen atoms in total. The molecule has 0 unspecified atom stereocenters. The second kappa shape index (κ2) is 10.6. The minimum absolute atomic E-state index is 0.0396. The van der Waals surface area contributed by atoms with E-state index in [0.29, 0.717) is 12.1 Å². The Morgan fingerprint density at radius 3 is 2.27 bits per heavy atom. The molecule has 1 saturated heterocycles. The lowest BCUT2D eigenvalue weighted by atomic mass is 10.1. The molecule has 0 aromatic heterocycles. The third kappa shape index (κ3) is 7.15. The van der Waals surface area contributed by atoms with E-state index in [-0.39, 0.29) is 12.3 Å². The number of hydrogen-bond donors (Lipinski definition) is 1. The second-order valence-electron chi connectivity index (χ2n) is 7.68. The van der Waals surface area contributed by atoms with Gasteiger partial charge in [-0.05, 0) is 30.2 Å². The lowest BCUT2D eigenvalue weighted by molar-refractivity contribution is -0.137. The van der Waals surface area contributed by atoms with Crippen molar-refractivity contribution in [1.82, 2.24) is 15.1 Å². The molecule has 0 bridgehead atoms. The number of nitrogens with one attached hydrogen (secondary N) is 1. The molecule has 0 aliphatic carbocycles. The zero-order valence-corrected chi connectivity index (χ0v) is 17.0. The molecule has 1 amide bonds. The van der Waals surface area contributed by atoms with E-state index in [2.05, 4.69) is 39.4 Å². The third-order valence-corrected chi connectivity index (χ3v) is 5.31. The first-order valence-electron chi connectivity index (χ1n) is 10.3. The highest BCUT2D eigenvalue weighted by atomic mass is 19.4. The number of carbonyl (C=O) groups is 1. The Hall–Kier alpha value is -2.38. The highest BCUT2D eigenvalue weighted by molar-refractivity contribution is 5.78. The standard InChI is InChI=1S/C23H28F3N3O/c24-23(25,26)21-9-4-8-20(16-21)17-22(30)27-10-5-11-28-12-14-29(15-13-28)18-19-6-2-1-3-7-19/h1-4,6-9,16H,5,10-15,17-18H2,(H,27,30). The van der Waals surface area contributed by atoms with Crippen LogP contribution in [-0.2, 0) is 23.9 Å². The van der Waals surface area contributed by atoms with Crippen molar-refractivity contribution in [3.8, 4) is 0 Å². The van der Waals surface area contributed by atoms with Crippen LogP contribution in [0.2, 0.25) is 0 Å². The normalized spacial score (nSPS) is 15.8. The Morgan fingerprint density at radius 2 is 1.57 bits per heavy atom. The molecule has 1 heterocycles. The van der Waals surface area contributed by atoms with Crippen molar-refractivity contribution in [3.05, 3.63) is 71.3 Å². The average molecular weight is 419 g/mol. The fourth-order valence-corrected chi connectivity index (χ4v) is 3.65. The molecular weight excluding hydrogens is 391 g/mol. The Morgan fingerprint density at radius 1 is 0.900 bits per heavy atom. The fourth-order valence-electron chi connectivity index (χ4n) is 3.65. The maximum Gasteiger partial charge on any atom is 0.416 e. The minimum atomic E-state index is -4.39. The Kier molecular flexibility index (Phi) is 7.87. The van der Waals surface area contributed by atoms with Crippen LogP contribution < -0.4 is 5.32 Å². The van der Waals surface area contributed by atoms with E-state index in [1.54, 1.807) is 6.07 Å². The second-order valence-corrected chi connectivity index (χ2v) is 7.68. The van der Waals surface area contributed by atoms with E-state index in [9.17, 15) is 18.0 Å². The SMILES string of the molecule is O=C(Cc1cccc(C(F)(F)F)c1)NCCCN1CCN(Cc2ccccc2)CC1. The van der Waals surface area contributed by atoms with E-state index in [4.69, 9.17) is 0 Å². The molecule has 0 spiro atoms. The van der Waals surface area contributed by atoms with Gasteiger partial charge in [-0.1, -0.05) is 48.5 Å². The fraction of sp³-hybridized carbons (Fsp3) is 0.435. The Labute approximate surface area is 175 Å². The predicted octanol–water partition coefficient (Wildman–Crippen LogP) is 3.57. The van der Waals surface area contributed by atoms with Gasteiger partial charge in [-0.2, -0.15) is 13.2 Å². The molecular formula is C23H28F3N3O. The minimum Gasteiger partial charge on any atom is -0.356 e. The molecule has 2 aromatic carbocycles. The van der Waals surface area contributed by atoms with Crippen molar-refractivity contribution in [1.29, 1.82) is 0 Å². The van der Waals surface area contributed by atoms with Crippen LogP contribution in [0.4, 0.5) is 13.2 Å². The van der Waals surface area contributed by atoms with Crippen LogP contribution in [-0.4, -0.2) is 55.0 Å². The smallest absolute Gasteiger partial charge is 0.356 e. The van der Waals surface area contributed by atoms with Crippen molar-refractivity contribution in [3.63, 3.8) is 0 Å². The number of nitrogens with zero attached hydrogens (tertiary/aromatic N) is 2. The molecule has 2 aromatic rings. The molecule has 0 atom stereocenters. The maximum atomic E-state index is 12.8. The number of hydrogen-bond acceptors (Lipinski definition) is 3. The molecule has 1 fully saturated rings. The van der Waals surface area contributed by atoms with Crippen molar-refractivity contribution in [2.45, 2.75) is 25.6 Å². The first kappa shape index (κ1) is 22.3. The van der Waals surface area contributed by atoms with E-state index in [1.807, 2.05) is 6.07 Å². The monoisotopic (exact) mass is 419 g/mol. The quantitative estimate of drug-likeness (QED) is 0.665. The molecule has 162 valence electrons. The van der Waals surface area contributed by atoms with Gasteiger partial charge in [-0.15, -0.1) is 0 Å². The molecule has 1 N–H and O–H groups in total. The summed E-state index contributed by atoms with van der Waals surface area (Å²) in [6.07, 6.45) is -3.60. The van der Waals surface area contributed by atoms with Crippen LogP contribution in [0.3, 0.4) is 0 Å². The summed E-state index contributed by atoms with van der Waals surface area (Å²) in [6.45, 7) is 6.47. The largest absolute Gasteiger partial charge is 0.416 e. The molecule has 0 radical (unpaired) electrons. The van der Waals surface area contributed by atoms with E-state index < -0.39 is 11.7 Å². The zero-order chi connectivity index (χ0) is 21.4. The van der Waals surface area contributed by atoms with Gasteiger partial charge in [0, 0.05) is 39.3 Å². The van der Waals surface area contributed by atoms with Crippen LogP contribution in [0.5, 0.6) is 0 Å². The van der Waals surface area contributed by atoms with Crippen molar-refractivity contribution >= 4 is 5.91 Å². The number of carbonyl (C=O) groups excluding carboxylic acids is 1. The van der Waals surface area contributed by atoms with Gasteiger partial charge in [0.1, 0.15) is 0 Å². The van der Waals surface area contributed by atoms with Crippen molar-refractivity contribution in [2.75, 3.05) is 39.3 Å². The first-order valence-corrected chi connectivity index (χ1v) is 10.3. The summed E-state index contributed by atoms with van der Waals surface area (Å²) < 4.78 is 38.3. The molecule has 7 heteroatoms. The van der Waals surface area contributed by atoms with Gasteiger partial charge >= 0.3 is 6.18 Å². The van der Waals surface area contributed by atoms with E-state index in [0.717, 1.165) is 57.8 Å². The van der Waals surface area contributed by atoms with Crippen LogP contribution in [0.25, 0.3) is 0 Å². The van der Waals surface area contributed by atoms with Gasteiger partial charge in [0.05, 0.1) is 12.0 Å². The van der Waals surface area contributed by atoms with Gasteiger partial charge in [-0.3, -0.25) is 9.69 Å². The summed E-state index contributed by atoms with van der Waals surface area (Å²) in [5.41, 5.74) is 0.977. The van der Waals surface area contributed by atoms with Gasteiger partial charge in [0.25, 0.3) is 0 Å². The lowest BCUT2D eigenvalue weighted by Crippen LogP contribution is -2.46. The lowest BCUT2D eigenvalue weighted by Gasteiger charge is -2.34. The predicted molar refractivity (Wildman–Crippen MR) is 111 cm³/mol. The number of benzene rings is 2. The van der Waals surface area contributed by atoms with Gasteiger partial charge in [-0.25, -0.2) is 0 Å². The van der Waals surface area contributed by atoms with E-state index in [1.165, 1.54) is 11.6 Å². The number of rotatable bonds is 8. The third-order valence-electron chi connectivity index (χ3n) is 5.31. The van der Waals surface area contributed by atoms with Gasteiger partial charge in [0.15, 0.2) is 0 Å². The molecule has 0 saturated carbocycles. The van der Waals surface area contributed by atoms with Gasteiger partial charge in [0.2, 0.25) is 5.91 Å². The summed E-state index contributed by atoms with van der Waals surface area (Å²) in [6, 6.07) is 15.4. The zero-order valence-electron chi connectivity index (χ0n) is 17.0. The summed E-state index contributed by atoms with van der Waals surface area (Å²) >= 11 is 0. The Balaban J connectivity index is 1.30. The summed E-state index contributed by atoms with van der Waals surface area (Å²) in [7, 11) is 0. The molecule has 30 heavy (non-hydrogen) atoms. The topological polar surface area (TPSA) is 35.6 Å². The molecule has 1 aliphatic heterocycles. The van der Waals surface area contributed by atoms with E-state index >= 15 is 0 Å². The highest BCUT2D eigenvalue weighted by Crippen LogP contribution is 2.29. The Bertz CT molecular complexity index is 803. The van der Waals surface area contributed by atoms with Crippen molar-refractivity contribution < 1.29 is 18.0 Å². The molecule has 3 rings (SSSR count). The summed E-state index contributed by atoms with van der Waals surface area (Å²) in [5.74, 6) is -0.248. The van der Waals surface area contributed by atoms with Crippen LogP contribution in [0.15, 0.2) is 54.6 Å². The maximum absolute atomic E-state index is 12.8. The number of piperazine rings is 1. The molecule has 1 aliphatic rings. The summed E-state index contributed by atoms with van der Waals surface area (Å²) in [5, 5.41) is 2.81. The van der Waals surface area contributed by atoms with Crippen molar-refractivity contribution in [2.24, 2.45) is 0 Å². The summed E-state index contributed by atoms with van der Waals surface area (Å²) in [4.78, 5) is 16.9. The number of alkyl halides is 3. The number of halogens is 3. The number of amides is 1. The van der Waals surface area contributed by atoms with Crippen LogP contribution in [0, 0.1) is 0 Å². The highest BCUT2D eigenvalue weighted by Gasteiger charge is 2.30. The van der Waals surface area contributed by atoms with Gasteiger partial charge < -0.3 is 10.2 Å². The first-order chi connectivity index (χ1) is 14.4. The van der Waals surface area contributed by atoms with Crippen LogP contribution in [0.1, 0.15) is 23.1 Å². The average Bonchev–Trinajstić information content (AvgIpc) is 2.73.